The molecule has 0 amide bonds. The van der Waals surface area contributed by atoms with Gasteiger partial charge in [0.1, 0.15) is 17.2 Å². The molecule has 2 N–H and O–H groups in total. The maximum absolute atomic E-state index is 13.3. The van der Waals surface area contributed by atoms with Gasteiger partial charge < -0.3 is 10.5 Å². The molecule has 2 unspecified atom stereocenters. The van der Waals surface area contributed by atoms with Gasteiger partial charge in [-0.1, -0.05) is 13.0 Å². The van der Waals surface area contributed by atoms with Gasteiger partial charge in [0.15, 0.2) is 0 Å². The molecule has 0 aromatic heterocycles. The summed E-state index contributed by atoms with van der Waals surface area (Å²) >= 11 is 0. The van der Waals surface area contributed by atoms with Crippen LogP contribution in [0.15, 0.2) is 18.2 Å². The number of benzene rings is 1. The SMILES string of the molecule is CC1(C2(C)CC(N)c3ccc(F)cc3O2)CC1. The van der Waals surface area contributed by atoms with Crippen molar-refractivity contribution in [2.45, 2.75) is 44.8 Å². The van der Waals surface area contributed by atoms with Gasteiger partial charge in [-0.05, 0) is 25.8 Å². The second-order valence-corrected chi connectivity index (χ2v) is 5.89. The van der Waals surface area contributed by atoms with Gasteiger partial charge in [0.05, 0.1) is 0 Å². The second-order valence-electron chi connectivity index (χ2n) is 5.89. The molecule has 92 valence electrons. The zero-order valence-electron chi connectivity index (χ0n) is 10.3. The van der Waals surface area contributed by atoms with Gasteiger partial charge >= 0.3 is 0 Å². The standard InChI is InChI=1S/C14H18FNO/c1-13(5-6-13)14(2)8-11(16)10-4-3-9(15)7-12(10)17-14/h3-4,7,11H,5-6,8,16H2,1-2H3. The summed E-state index contributed by atoms with van der Waals surface area (Å²) in [5.41, 5.74) is 7.06. The van der Waals surface area contributed by atoms with Gasteiger partial charge in [-0.3, -0.25) is 0 Å². The van der Waals surface area contributed by atoms with Gasteiger partial charge in [0.25, 0.3) is 0 Å². The van der Waals surface area contributed by atoms with Crippen molar-refractivity contribution in [3.05, 3.63) is 29.6 Å². The zero-order chi connectivity index (χ0) is 12.3. The highest BCUT2D eigenvalue weighted by atomic mass is 19.1. The Hall–Kier alpha value is -1.09. The predicted molar refractivity (Wildman–Crippen MR) is 64.3 cm³/mol. The maximum atomic E-state index is 13.3. The van der Waals surface area contributed by atoms with Crippen LogP contribution < -0.4 is 10.5 Å². The van der Waals surface area contributed by atoms with E-state index in [1.165, 1.54) is 25.0 Å². The number of ether oxygens (including phenoxy) is 1. The number of nitrogens with two attached hydrogens (primary N) is 1. The van der Waals surface area contributed by atoms with Crippen LogP contribution in [0.5, 0.6) is 5.75 Å². The summed E-state index contributed by atoms with van der Waals surface area (Å²) in [5.74, 6) is 0.362. The summed E-state index contributed by atoms with van der Waals surface area (Å²) in [6, 6.07) is 4.59. The van der Waals surface area contributed by atoms with Crippen LogP contribution in [-0.2, 0) is 0 Å². The first kappa shape index (κ1) is 11.0. The van der Waals surface area contributed by atoms with E-state index < -0.39 is 0 Å². The highest BCUT2D eigenvalue weighted by Crippen LogP contribution is 2.59. The third-order valence-corrected chi connectivity index (χ3v) is 4.60. The third kappa shape index (κ3) is 1.56. The zero-order valence-corrected chi connectivity index (χ0v) is 10.3. The lowest BCUT2D eigenvalue weighted by molar-refractivity contribution is -0.00921. The molecule has 0 saturated heterocycles. The molecule has 17 heavy (non-hydrogen) atoms. The fourth-order valence-corrected chi connectivity index (χ4v) is 2.80. The molecule has 2 nitrogen and oxygen atoms in total. The van der Waals surface area contributed by atoms with E-state index in [0.717, 1.165) is 12.0 Å². The molecule has 1 fully saturated rings. The van der Waals surface area contributed by atoms with E-state index in [4.69, 9.17) is 10.5 Å². The van der Waals surface area contributed by atoms with Gasteiger partial charge in [-0.15, -0.1) is 0 Å². The average Bonchev–Trinajstić information content (AvgIpc) is 2.97. The summed E-state index contributed by atoms with van der Waals surface area (Å²) in [4.78, 5) is 0. The lowest BCUT2D eigenvalue weighted by Crippen LogP contribution is -2.46. The predicted octanol–water partition coefficient (Wildman–Crippen LogP) is 3.17. The number of hydrogen-bond acceptors (Lipinski definition) is 2. The summed E-state index contributed by atoms with van der Waals surface area (Å²) < 4.78 is 19.3. The Morgan fingerprint density at radius 2 is 2.06 bits per heavy atom. The Morgan fingerprint density at radius 1 is 1.35 bits per heavy atom. The third-order valence-electron chi connectivity index (χ3n) is 4.60. The maximum Gasteiger partial charge on any atom is 0.127 e. The number of halogens is 1. The largest absolute Gasteiger partial charge is 0.486 e. The van der Waals surface area contributed by atoms with Crippen molar-refractivity contribution in [3.63, 3.8) is 0 Å². The van der Waals surface area contributed by atoms with E-state index in [2.05, 4.69) is 13.8 Å². The fourth-order valence-electron chi connectivity index (χ4n) is 2.80. The molecular weight excluding hydrogens is 217 g/mol. The van der Waals surface area contributed by atoms with Gasteiger partial charge in [-0.2, -0.15) is 0 Å². The van der Waals surface area contributed by atoms with E-state index in [-0.39, 0.29) is 22.9 Å². The topological polar surface area (TPSA) is 35.2 Å². The van der Waals surface area contributed by atoms with Crippen molar-refractivity contribution < 1.29 is 9.13 Å². The minimum absolute atomic E-state index is 0.0539. The molecule has 2 atom stereocenters. The van der Waals surface area contributed by atoms with Crippen LogP contribution >= 0.6 is 0 Å². The normalized spacial score (nSPS) is 33.8. The van der Waals surface area contributed by atoms with Crippen LogP contribution in [0.4, 0.5) is 4.39 Å². The first-order valence-corrected chi connectivity index (χ1v) is 6.18. The first-order valence-electron chi connectivity index (χ1n) is 6.18. The van der Waals surface area contributed by atoms with Gasteiger partial charge in [-0.25, -0.2) is 4.39 Å². The summed E-state index contributed by atoms with van der Waals surface area (Å²) in [7, 11) is 0. The van der Waals surface area contributed by atoms with Crippen molar-refractivity contribution in [2.75, 3.05) is 0 Å². The van der Waals surface area contributed by atoms with Crippen LogP contribution in [0, 0.1) is 11.2 Å². The molecule has 0 spiro atoms. The van der Waals surface area contributed by atoms with Crippen molar-refractivity contribution in [2.24, 2.45) is 11.1 Å². The lowest BCUT2D eigenvalue weighted by atomic mass is 9.78. The average molecular weight is 235 g/mol. The minimum atomic E-state index is -0.263. The van der Waals surface area contributed by atoms with E-state index in [9.17, 15) is 4.39 Å². The molecule has 0 radical (unpaired) electrons. The Bertz CT molecular complexity index is 469. The number of fused-ring (bicyclic) bond motifs is 1. The monoisotopic (exact) mass is 235 g/mol. The van der Waals surface area contributed by atoms with Crippen LogP contribution in [0.3, 0.4) is 0 Å². The molecule has 3 heteroatoms. The van der Waals surface area contributed by atoms with Crippen molar-refractivity contribution in [3.8, 4) is 5.75 Å². The molecule has 1 heterocycles. The molecule has 0 bridgehead atoms. The summed E-state index contributed by atoms with van der Waals surface area (Å²) in [6.45, 7) is 4.33. The Kier molecular flexibility index (Phi) is 2.09. The van der Waals surface area contributed by atoms with E-state index in [1.807, 2.05) is 0 Å². The molecular formula is C14H18FNO. The molecule has 1 aliphatic heterocycles. The van der Waals surface area contributed by atoms with Gasteiger partial charge in [0.2, 0.25) is 0 Å². The van der Waals surface area contributed by atoms with E-state index in [0.29, 0.717) is 5.75 Å². The van der Waals surface area contributed by atoms with Gasteiger partial charge in [0, 0.05) is 29.5 Å². The van der Waals surface area contributed by atoms with Crippen LogP contribution in [0.2, 0.25) is 0 Å². The Labute approximate surface area is 101 Å². The highest BCUT2D eigenvalue weighted by Gasteiger charge is 2.57. The number of hydrogen-bond donors (Lipinski definition) is 1. The Balaban J connectivity index is 2.02. The van der Waals surface area contributed by atoms with Crippen LogP contribution in [0.1, 0.15) is 44.7 Å². The molecule has 1 saturated carbocycles. The summed E-state index contributed by atoms with van der Waals surface area (Å²) in [6.07, 6.45) is 3.14. The van der Waals surface area contributed by atoms with Crippen LogP contribution in [0.25, 0.3) is 0 Å². The molecule has 1 aromatic carbocycles. The Morgan fingerprint density at radius 3 is 2.71 bits per heavy atom. The minimum Gasteiger partial charge on any atom is -0.486 e. The fraction of sp³-hybridized carbons (Fsp3) is 0.571. The van der Waals surface area contributed by atoms with E-state index in [1.54, 1.807) is 6.07 Å². The first-order chi connectivity index (χ1) is 7.94. The smallest absolute Gasteiger partial charge is 0.127 e. The second kappa shape index (κ2) is 3.22. The highest BCUT2D eigenvalue weighted by molar-refractivity contribution is 5.40. The number of rotatable bonds is 1. The molecule has 1 aromatic rings. The van der Waals surface area contributed by atoms with E-state index >= 15 is 0 Å². The van der Waals surface area contributed by atoms with Crippen molar-refractivity contribution in [1.29, 1.82) is 0 Å². The van der Waals surface area contributed by atoms with Crippen molar-refractivity contribution >= 4 is 0 Å². The quantitative estimate of drug-likeness (QED) is 0.811. The molecule has 2 aliphatic rings. The summed E-state index contributed by atoms with van der Waals surface area (Å²) in [5, 5.41) is 0. The lowest BCUT2D eigenvalue weighted by Gasteiger charge is -2.43. The molecule has 1 aliphatic carbocycles. The van der Waals surface area contributed by atoms with Crippen LogP contribution in [-0.4, -0.2) is 5.60 Å². The van der Waals surface area contributed by atoms with Crippen molar-refractivity contribution in [1.82, 2.24) is 0 Å². The molecule has 3 rings (SSSR count).